The van der Waals surface area contributed by atoms with E-state index in [-0.39, 0.29) is 23.6 Å². The van der Waals surface area contributed by atoms with E-state index in [1.165, 1.54) is 0 Å². The van der Waals surface area contributed by atoms with Crippen LogP contribution in [-0.4, -0.2) is 35.8 Å². The summed E-state index contributed by atoms with van der Waals surface area (Å²) >= 11 is 0. The SMILES string of the molecule is NC(=O)C1CCCN(c2ccc(NC(=O)c3ccc(NC(=O)c4ccccc4)cc3)cn2)C1. The minimum absolute atomic E-state index is 0.166. The number of anilines is 3. The van der Waals surface area contributed by atoms with Crippen LogP contribution in [0.15, 0.2) is 72.9 Å². The Balaban J connectivity index is 1.34. The quantitative estimate of drug-likeness (QED) is 0.540. The van der Waals surface area contributed by atoms with Gasteiger partial charge in [-0.3, -0.25) is 14.4 Å². The average molecular weight is 444 g/mol. The molecule has 4 rings (SSSR count). The van der Waals surface area contributed by atoms with E-state index in [9.17, 15) is 14.4 Å². The van der Waals surface area contributed by atoms with Crippen LogP contribution in [0.2, 0.25) is 0 Å². The number of primary amides is 1. The van der Waals surface area contributed by atoms with Crippen LogP contribution in [0.5, 0.6) is 0 Å². The highest BCUT2D eigenvalue weighted by atomic mass is 16.2. The summed E-state index contributed by atoms with van der Waals surface area (Å²) in [6, 6.07) is 19.2. The maximum atomic E-state index is 12.6. The molecule has 0 aliphatic carbocycles. The summed E-state index contributed by atoms with van der Waals surface area (Å²) < 4.78 is 0. The normalized spacial score (nSPS) is 15.5. The topological polar surface area (TPSA) is 117 Å². The van der Waals surface area contributed by atoms with Crippen LogP contribution in [-0.2, 0) is 4.79 Å². The number of benzene rings is 2. The maximum Gasteiger partial charge on any atom is 0.255 e. The van der Waals surface area contributed by atoms with Crippen LogP contribution >= 0.6 is 0 Å². The first-order valence-electron chi connectivity index (χ1n) is 10.8. The minimum Gasteiger partial charge on any atom is -0.369 e. The molecule has 168 valence electrons. The van der Waals surface area contributed by atoms with Gasteiger partial charge in [0.25, 0.3) is 11.8 Å². The summed E-state index contributed by atoms with van der Waals surface area (Å²) in [7, 11) is 0. The van der Waals surface area contributed by atoms with Crippen molar-refractivity contribution in [1.29, 1.82) is 0 Å². The van der Waals surface area contributed by atoms with Crippen molar-refractivity contribution in [2.75, 3.05) is 28.6 Å². The predicted molar refractivity (Wildman–Crippen MR) is 127 cm³/mol. The molecule has 2 heterocycles. The largest absolute Gasteiger partial charge is 0.369 e. The molecule has 1 aromatic heterocycles. The molecule has 1 fully saturated rings. The fraction of sp³-hybridized carbons (Fsp3) is 0.200. The van der Waals surface area contributed by atoms with Crippen LogP contribution in [0.3, 0.4) is 0 Å². The third-order valence-corrected chi connectivity index (χ3v) is 5.59. The zero-order valence-corrected chi connectivity index (χ0v) is 18.0. The number of hydrogen-bond donors (Lipinski definition) is 3. The van der Waals surface area contributed by atoms with Crippen molar-refractivity contribution in [1.82, 2.24) is 4.98 Å². The van der Waals surface area contributed by atoms with Crippen molar-refractivity contribution in [3.63, 3.8) is 0 Å². The lowest BCUT2D eigenvalue weighted by Crippen LogP contribution is -2.41. The summed E-state index contributed by atoms with van der Waals surface area (Å²) in [5.74, 6) is -0.195. The summed E-state index contributed by atoms with van der Waals surface area (Å²) in [5.41, 5.74) is 7.63. The third kappa shape index (κ3) is 5.54. The van der Waals surface area contributed by atoms with Gasteiger partial charge in [-0.1, -0.05) is 18.2 Å². The summed E-state index contributed by atoms with van der Waals surface area (Å²) in [6.07, 6.45) is 3.28. The van der Waals surface area contributed by atoms with E-state index in [2.05, 4.69) is 15.6 Å². The van der Waals surface area contributed by atoms with Crippen LogP contribution in [0.4, 0.5) is 17.2 Å². The van der Waals surface area contributed by atoms with Gasteiger partial charge in [0, 0.05) is 29.9 Å². The van der Waals surface area contributed by atoms with Crippen molar-refractivity contribution in [2.24, 2.45) is 11.7 Å². The number of amides is 3. The number of carbonyl (C=O) groups is 3. The minimum atomic E-state index is -0.283. The molecule has 1 saturated heterocycles. The molecule has 1 atom stereocenters. The molecular formula is C25H25N5O3. The number of pyridine rings is 1. The van der Waals surface area contributed by atoms with E-state index >= 15 is 0 Å². The van der Waals surface area contributed by atoms with Crippen LogP contribution < -0.4 is 21.3 Å². The summed E-state index contributed by atoms with van der Waals surface area (Å²) in [5, 5.41) is 5.63. The molecule has 0 saturated carbocycles. The molecule has 0 spiro atoms. The van der Waals surface area contributed by atoms with E-state index in [1.54, 1.807) is 60.8 Å². The monoisotopic (exact) mass is 443 g/mol. The van der Waals surface area contributed by atoms with Gasteiger partial charge in [0.15, 0.2) is 0 Å². The van der Waals surface area contributed by atoms with Crippen LogP contribution in [0.25, 0.3) is 0 Å². The highest BCUT2D eigenvalue weighted by Gasteiger charge is 2.24. The molecular weight excluding hydrogens is 418 g/mol. The fourth-order valence-corrected chi connectivity index (χ4v) is 3.77. The Morgan fingerprint density at radius 1 is 0.848 bits per heavy atom. The molecule has 8 heteroatoms. The third-order valence-electron chi connectivity index (χ3n) is 5.59. The Kier molecular flexibility index (Phi) is 6.64. The number of aromatic nitrogens is 1. The van der Waals surface area contributed by atoms with Gasteiger partial charge in [-0.15, -0.1) is 0 Å². The van der Waals surface area contributed by atoms with E-state index in [4.69, 9.17) is 5.73 Å². The van der Waals surface area contributed by atoms with Crippen molar-refractivity contribution in [3.05, 3.63) is 84.1 Å². The lowest BCUT2D eigenvalue weighted by molar-refractivity contribution is -0.122. The molecule has 1 aliphatic rings. The average Bonchev–Trinajstić information content (AvgIpc) is 2.85. The number of nitrogens with two attached hydrogens (primary N) is 1. The number of nitrogens with zero attached hydrogens (tertiary/aromatic N) is 2. The molecule has 33 heavy (non-hydrogen) atoms. The molecule has 1 unspecified atom stereocenters. The number of carbonyl (C=O) groups excluding carboxylic acids is 3. The number of piperidine rings is 1. The van der Waals surface area contributed by atoms with Gasteiger partial charge in [-0.25, -0.2) is 4.98 Å². The molecule has 0 bridgehead atoms. The molecule has 3 aromatic rings. The second kappa shape index (κ2) is 9.95. The Morgan fingerprint density at radius 2 is 1.48 bits per heavy atom. The zero-order chi connectivity index (χ0) is 23.2. The smallest absolute Gasteiger partial charge is 0.255 e. The second-order valence-electron chi connectivity index (χ2n) is 7.94. The van der Waals surface area contributed by atoms with Crippen LogP contribution in [0.1, 0.15) is 33.6 Å². The van der Waals surface area contributed by atoms with E-state index in [0.29, 0.717) is 29.0 Å². The number of nitrogens with one attached hydrogen (secondary N) is 2. The second-order valence-corrected chi connectivity index (χ2v) is 7.94. The van der Waals surface area contributed by atoms with Crippen LogP contribution in [0, 0.1) is 5.92 Å². The van der Waals surface area contributed by atoms with Gasteiger partial charge in [0.2, 0.25) is 5.91 Å². The van der Waals surface area contributed by atoms with Gasteiger partial charge < -0.3 is 21.3 Å². The summed E-state index contributed by atoms with van der Waals surface area (Å²) in [4.78, 5) is 42.8. The Morgan fingerprint density at radius 3 is 2.12 bits per heavy atom. The molecule has 2 aromatic carbocycles. The standard InChI is InChI=1S/C25H25N5O3/c26-23(31)19-7-4-14-30(16-19)22-13-12-21(15-27-22)29-25(33)18-8-10-20(11-9-18)28-24(32)17-5-2-1-3-6-17/h1-3,5-6,8-13,15,19H,4,7,14,16H2,(H2,26,31)(H,28,32)(H,29,33). The predicted octanol–water partition coefficient (Wildman–Crippen LogP) is 3.29. The fourth-order valence-electron chi connectivity index (χ4n) is 3.77. The highest BCUT2D eigenvalue weighted by molar-refractivity contribution is 6.06. The molecule has 3 amide bonds. The van der Waals surface area contributed by atoms with Gasteiger partial charge in [-0.2, -0.15) is 0 Å². The number of rotatable bonds is 6. The Labute approximate surface area is 191 Å². The molecule has 8 nitrogen and oxygen atoms in total. The van der Waals surface area contributed by atoms with Crippen molar-refractivity contribution < 1.29 is 14.4 Å². The first kappa shape index (κ1) is 22.0. The lowest BCUT2D eigenvalue weighted by Gasteiger charge is -2.32. The first-order chi connectivity index (χ1) is 16.0. The van der Waals surface area contributed by atoms with E-state index < -0.39 is 0 Å². The first-order valence-corrected chi connectivity index (χ1v) is 10.8. The Bertz CT molecular complexity index is 1130. The highest BCUT2D eigenvalue weighted by Crippen LogP contribution is 2.22. The van der Waals surface area contributed by atoms with Gasteiger partial charge in [-0.05, 0) is 61.4 Å². The van der Waals surface area contributed by atoms with E-state index in [0.717, 1.165) is 25.2 Å². The number of hydrogen-bond acceptors (Lipinski definition) is 5. The lowest BCUT2D eigenvalue weighted by atomic mass is 9.97. The van der Waals surface area contributed by atoms with E-state index in [1.807, 2.05) is 17.0 Å². The van der Waals surface area contributed by atoms with Crippen molar-refractivity contribution in [2.45, 2.75) is 12.8 Å². The molecule has 0 radical (unpaired) electrons. The molecule has 4 N–H and O–H groups in total. The molecule has 1 aliphatic heterocycles. The van der Waals surface area contributed by atoms with Crippen molar-refractivity contribution in [3.8, 4) is 0 Å². The Hall–Kier alpha value is -4.20. The van der Waals surface area contributed by atoms with Gasteiger partial charge in [0.1, 0.15) is 5.82 Å². The summed E-state index contributed by atoms with van der Waals surface area (Å²) in [6.45, 7) is 1.37. The zero-order valence-electron chi connectivity index (χ0n) is 18.0. The van der Waals surface area contributed by atoms with Crippen molar-refractivity contribution >= 4 is 34.9 Å². The van der Waals surface area contributed by atoms with Gasteiger partial charge in [0.05, 0.1) is 17.8 Å². The van der Waals surface area contributed by atoms with Gasteiger partial charge >= 0.3 is 0 Å². The maximum absolute atomic E-state index is 12.6.